The van der Waals surface area contributed by atoms with Crippen molar-refractivity contribution in [2.75, 3.05) is 18.6 Å². The number of aromatic nitrogens is 1. The second kappa shape index (κ2) is 9.75. The minimum absolute atomic E-state index is 0.00307. The molecule has 0 unspecified atom stereocenters. The van der Waals surface area contributed by atoms with Crippen LogP contribution < -0.4 is 14.4 Å². The fourth-order valence-electron chi connectivity index (χ4n) is 4.14. The molecule has 7 nitrogen and oxygen atoms in total. The summed E-state index contributed by atoms with van der Waals surface area (Å²) in [5, 5.41) is 11.6. The number of methoxy groups -OCH3 is 1. The Hall–Kier alpha value is -3.69. The first kappa shape index (κ1) is 24.0. The number of carbonyl (C=O) groups excluding carboxylic acids is 2. The van der Waals surface area contributed by atoms with Crippen LogP contribution in [0.25, 0.3) is 16.0 Å². The van der Waals surface area contributed by atoms with Gasteiger partial charge in [0, 0.05) is 10.0 Å². The van der Waals surface area contributed by atoms with Gasteiger partial charge in [0.1, 0.15) is 17.3 Å². The molecule has 0 aliphatic carbocycles. The van der Waals surface area contributed by atoms with Crippen molar-refractivity contribution < 1.29 is 24.2 Å². The minimum atomic E-state index is -0.855. The van der Waals surface area contributed by atoms with E-state index in [0.717, 1.165) is 9.17 Å². The van der Waals surface area contributed by atoms with Gasteiger partial charge in [-0.1, -0.05) is 39.4 Å². The first-order valence-corrected chi connectivity index (χ1v) is 12.8. The number of carbonyl (C=O) groups is 2. The van der Waals surface area contributed by atoms with Crippen LogP contribution in [0.15, 0.2) is 76.8 Å². The number of fused-ring (bicyclic) bond motifs is 1. The number of ether oxygens (including phenoxy) is 2. The molecular formula is C27H21BrN2O5S. The first-order valence-electron chi connectivity index (χ1n) is 11.2. The van der Waals surface area contributed by atoms with Gasteiger partial charge in [-0.05, 0) is 67.1 Å². The van der Waals surface area contributed by atoms with Crippen molar-refractivity contribution >= 4 is 60.1 Å². The second-order valence-electron chi connectivity index (χ2n) is 8.01. The van der Waals surface area contributed by atoms with Crippen LogP contribution in [0.4, 0.5) is 5.13 Å². The van der Waals surface area contributed by atoms with E-state index in [1.54, 1.807) is 43.5 Å². The van der Waals surface area contributed by atoms with E-state index in [1.165, 1.54) is 16.2 Å². The number of nitrogens with zero attached hydrogens (tertiary/aromatic N) is 2. The number of amides is 1. The molecule has 1 amide bonds. The summed E-state index contributed by atoms with van der Waals surface area (Å²) in [6, 6.07) is 18.6. The number of halogens is 1. The van der Waals surface area contributed by atoms with E-state index < -0.39 is 17.7 Å². The molecule has 182 valence electrons. The molecule has 1 fully saturated rings. The molecule has 36 heavy (non-hydrogen) atoms. The zero-order valence-corrected chi connectivity index (χ0v) is 21.8. The molecule has 5 rings (SSSR count). The fourth-order valence-corrected chi connectivity index (χ4v) is 5.43. The Kier molecular flexibility index (Phi) is 6.51. The summed E-state index contributed by atoms with van der Waals surface area (Å²) in [5.74, 6) is -0.467. The van der Waals surface area contributed by atoms with Crippen molar-refractivity contribution in [3.8, 4) is 11.5 Å². The van der Waals surface area contributed by atoms with Gasteiger partial charge >= 0.3 is 5.91 Å². The normalized spacial score (nSPS) is 17.1. The highest BCUT2D eigenvalue weighted by molar-refractivity contribution is 9.10. The summed E-state index contributed by atoms with van der Waals surface area (Å²) in [6.07, 6.45) is 0. The Labute approximate surface area is 219 Å². The fraction of sp³-hybridized carbons (Fsp3) is 0.148. The highest BCUT2D eigenvalue weighted by atomic mass is 79.9. The van der Waals surface area contributed by atoms with Crippen molar-refractivity contribution in [2.24, 2.45) is 0 Å². The molecule has 0 saturated carbocycles. The van der Waals surface area contributed by atoms with Crippen LogP contribution >= 0.6 is 27.3 Å². The maximum atomic E-state index is 13.4. The molecule has 9 heteroatoms. The number of aliphatic hydroxyl groups is 1. The van der Waals surface area contributed by atoms with Gasteiger partial charge in [0.25, 0.3) is 5.78 Å². The molecule has 1 N–H and O–H groups in total. The summed E-state index contributed by atoms with van der Waals surface area (Å²) in [7, 11) is 1.58. The lowest BCUT2D eigenvalue weighted by Gasteiger charge is -2.23. The van der Waals surface area contributed by atoms with E-state index >= 15 is 0 Å². The van der Waals surface area contributed by atoms with E-state index in [1.807, 2.05) is 37.3 Å². The highest BCUT2D eigenvalue weighted by Gasteiger charge is 2.48. The number of aliphatic hydroxyl groups excluding tert-OH is 1. The number of thiazole rings is 1. The molecule has 0 spiro atoms. The molecular weight excluding hydrogens is 544 g/mol. The van der Waals surface area contributed by atoms with Gasteiger partial charge < -0.3 is 14.6 Å². The Morgan fingerprint density at radius 1 is 1.06 bits per heavy atom. The zero-order chi connectivity index (χ0) is 25.4. The number of Topliss-reactive ketones (excluding diaryl/α,β-unsaturated/α-hetero) is 1. The van der Waals surface area contributed by atoms with Crippen LogP contribution in [0.5, 0.6) is 11.5 Å². The number of hydrogen-bond acceptors (Lipinski definition) is 7. The predicted octanol–water partition coefficient (Wildman–Crippen LogP) is 6.09. The van der Waals surface area contributed by atoms with E-state index in [2.05, 4.69) is 20.9 Å². The van der Waals surface area contributed by atoms with Crippen molar-refractivity contribution in [2.45, 2.75) is 13.0 Å². The summed E-state index contributed by atoms with van der Waals surface area (Å²) < 4.78 is 12.4. The lowest BCUT2D eigenvalue weighted by molar-refractivity contribution is -0.132. The quantitative estimate of drug-likeness (QED) is 0.173. The SMILES string of the molecule is CCOc1ccc(/C(O)=C2\C(=O)C(=O)N(c3nc4ccc(OC)cc4s3)[C@H]2c2ccc(Br)cc2)cc1. The molecule has 2 heterocycles. The molecule has 0 radical (unpaired) electrons. The lowest BCUT2D eigenvalue weighted by atomic mass is 9.95. The Balaban J connectivity index is 1.67. The van der Waals surface area contributed by atoms with Crippen LogP contribution in [-0.2, 0) is 9.59 Å². The number of hydrogen-bond donors (Lipinski definition) is 1. The Morgan fingerprint density at radius 2 is 1.75 bits per heavy atom. The highest BCUT2D eigenvalue weighted by Crippen LogP contribution is 2.44. The van der Waals surface area contributed by atoms with Gasteiger partial charge in [0.05, 0.1) is 35.5 Å². The zero-order valence-electron chi connectivity index (χ0n) is 19.4. The standard InChI is InChI=1S/C27H21BrN2O5S/c1-3-35-18-10-6-16(7-11-18)24(31)22-23(15-4-8-17(28)9-5-15)30(26(33)25(22)32)27-29-20-13-12-19(34-2)14-21(20)36-27/h4-14,23,31H,3H2,1-2H3/b24-22+/t23-/m0/s1. The predicted molar refractivity (Wildman–Crippen MR) is 143 cm³/mol. The monoisotopic (exact) mass is 564 g/mol. The molecule has 3 aromatic carbocycles. The molecule has 1 aliphatic rings. The minimum Gasteiger partial charge on any atom is -0.507 e. The van der Waals surface area contributed by atoms with Crippen molar-refractivity contribution in [1.29, 1.82) is 0 Å². The van der Waals surface area contributed by atoms with Gasteiger partial charge in [0.2, 0.25) is 0 Å². The van der Waals surface area contributed by atoms with Crippen LogP contribution in [-0.4, -0.2) is 35.5 Å². The summed E-state index contributed by atoms with van der Waals surface area (Å²) in [6.45, 7) is 2.39. The van der Waals surface area contributed by atoms with Gasteiger partial charge in [-0.2, -0.15) is 0 Å². The van der Waals surface area contributed by atoms with Crippen molar-refractivity contribution in [1.82, 2.24) is 4.98 Å². The summed E-state index contributed by atoms with van der Waals surface area (Å²) in [5.41, 5.74) is 1.76. The van der Waals surface area contributed by atoms with Crippen molar-refractivity contribution in [3.05, 3.63) is 87.9 Å². The average molecular weight is 565 g/mol. The third-order valence-electron chi connectivity index (χ3n) is 5.86. The van der Waals surface area contributed by atoms with Crippen LogP contribution in [0, 0.1) is 0 Å². The van der Waals surface area contributed by atoms with Gasteiger partial charge in [-0.25, -0.2) is 4.98 Å². The largest absolute Gasteiger partial charge is 0.507 e. The topological polar surface area (TPSA) is 89.0 Å². The average Bonchev–Trinajstić information content (AvgIpc) is 3.42. The summed E-state index contributed by atoms with van der Waals surface area (Å²) in [4.78, 5) is 32.7. The molecule has 4 aromatic rings. The molecule has 0 bridgehead atoms. The van der Waals surface area contributed by atoms with Gasteiger partial charge in [0.15, 0.2) is 5.13 Å². The molecule has 1 aromatic heterocycles. The van der Waals surface area contributed by atoms with E-state index in [4.69, 9.17) is 9.47 Å². The second-order valence-corrected chi connectivity index (χ2v) is 9.93. The Morgan fingerprint density at radius 3 is 2.42 bits per heavy atom. The maximum absolute atomic E-state index is 13.4. The van der Waals surface area contributed by atoms with E-state index in [0.29, 0.717) is 39.9 Å². The van der Waals surface area contributed by atoms with Crippen LogP contribution in [0.1, 0.15) is 24.1 Å². The molecule has 1 atom stereocenters. The number of anilines is 1. The lowest BCUT2D eigenvalue weighted by Crippen LogP contribution is -2.29. The number of benzene rings is 3. The molecule has 1 aliphatic heterocycles. The van der Waals surface area contributed by atoms with Crippen molar-refractivity contribution in [3.63, 3.8) is 0 Å². The maximum Gasteiger partial charge on any atom is 0.301 e. The van der Waals surface area contributed by atoms with Crippen LogP contribution in [0.3, 0.4) is 0 Å². The number of ketones is 1. The molecule has 1 saturated heterocycles. The summed E-state index contributed by atoms with van der Waals surface area (Å²) >= 11 is 4.71. The third-order valence-corrected chi connectivity index (χ3v) is 7.41. The van der Waals surface area contributed by atoms with E-state index in [-0.39, 0.29) is 11.3 Å². The number of rotatable bonds is 6. The third kappa shape index (κ3) is 4.25. The Bertz CT molecular complexity index is 1500. The smallest absolute Gasteiger partial charge is 0.301 e. The first-order chi connectivity index (χ1) is 17.4. The van der Waals surface area contributed by atoms with E-state index in [9.17, 15) is 14.7 Å². The van der Waals surface area contributed by atoms with Crippen LogP contribution in [0.2, 0.25) is 0 Å². The van der Waals surface area contributed by atoms with Gasteiger partial charge in [-0.15, -0.1) is 0 Å². The van der Waals surface area contributed by atoms with Gasteiger partial charge in [-0.3, -0.25) is 14.5 Å².